The molecule has 55 heteroatoms. The van der Waals surface area contributed by atoms with Crippen molar-refractivity contribution in [3.05, 3.63) is 95.6 Å². The number of carbonyl (C=O) groups is 23. The molecule has 20 amide bonds. The van der Waals surface area contributed by atoms with Crippen molar-refractivity contribution in [1.82, 2.24) is 90.0 Å². The number of likely N-dealkylation sites (tertiary alicyclic amines) is 1. The summed E-state index contributed by atoms with van der Waals surface area (Å²) in [6, 6.07) is -12.0. The zero-order valence-corrected chi connectivity index (χ0v) is 80.5. The van der Waals surface area contributed by atoms with Gasteiger partial charge in [-0.05, 0) is 118 Å². The van der Waals surface area contributed by atoms with E-state index >= 15 is 0 Å². The molecule has 3 aromatic carbocycles. The number of carboxylic acid groups (broad SMARTS) is 3. The van der Waals surface area contributed by atoms with Crippen LogP contribution in [0.15, 0.2) is 78.9 Å². The van der Waals surface area contributed by atoms with Gasteiger partial charge >= 0.3 is 17.9 Å². The van der Waals surface area contributed by atoms with Crippen LogP contribution in [0.3, 0.4) is 0 Å². The first-order chi connectivity index (χ1) is 68.3. The van der Waals surface area contributed by atoms with Gasteiger partial charge in [0.25, 0.3) is 0 Å². The maximum atomic E-state index is 14.9. The van der Waals surface area contributed by atoms with E-state index in [1.54, 1.807) is 44.2 Å². The van der Waals surface area contributed by atoms with Gasteiger partial charge in [-0.15, -0.1) is 0 Å². The molecule has 0 saturated carbocycles. The molecule has 3 aromatic rings. The highest BCUT2D eigenvalue weighted by Crippen LogP contribution is 2.23. The molecule has 55 nitrogen and oxygen atoms in total. The molecule has 1 saturated heterocycles. The molecule has 1 fully saturated rings. The summed E-state index contributed by atoms with van der Waals surface area (Å²) in [7, 11) is 0. The first kappa shape index (κ1) is 121. The van der Waals surface area contributed by atoms with Crippen LogP contribution in [-0.4, -0.2) is 318 Å². The highest BCUT2D eigenvalue weighted by atomic mass is 16.4. The van der Waals surface area contributed by atoms with E-state index in [4.69, 9.17) is 45.5 Å². The average molecular weight is 2050 g/mol. The largest absolute Gasteiger partial charge is 0.508 e. The van der Waals surface area contributed by atoms with Gasteiger partial charge in [-0.25, -0.2) is 0 Å². The number of aliphatic hydroxyl groups excluding tert-OH is 2. The van der Waals surface area contributed by atoms with Crippen molar-refractivity contribution in [3.63, 3.8) is 0 Å². The Morgan fingerprint density at radius 1 is 0.393 bits per heavy atom. The lowest BCUT2D eigenvalue weighted by Gasteiger charge is -2.31. The highest BCUT2D eigenvalue weighted by molar-refractivity contribution is 6.04. The number of phenols is 2. The summed E-state index contributed by atoms with van der Waals surface area (Å²) in [6.45, 7) is 5.25. The summed E-state index contributed by atoms with van der Waals surface area (Å²) >= 11 is 0. The molecule has 1 heterocycles. The van der Waals surface area contributed by atoms with Crippen molar-refractivity contribution in [1.29, 1.82) is 5.41 Å². The number of benzene rings is 3. The van der Waals surface area contributed by atoms with Gasteiger partial charge in [0.05, 0.1) is 44.8 Å². The minimum absolute atomic E-state index is 0.0371. The number of hydrogen-bond acceptors (Lipinski definition) is 30. The first-order valence-electron chi connectivity index (χ1n) is 46.3. The molecule has 0 aliphatic carbocycles. The molecule has 145 heavy (non-hydrogen) atoms. The van der Waals surface area contributed by atoms with Gasteiger partial charge < -0.3 is 166 Å². The molecule has 1 aliphatic rings. The molecule has 0 bridgehead atoms. The van der Waals surface area contributed by atoms with Gasteiger partial charge in [-0.1, -0.05) is 95.1 Å². The molecule has 19 atom stereocenters. The van der Waals surface area contributed by atoms with E-state index in [1.807, 2.05) is 0 Å². The van der Waals surface area contributed by atoms with Crippen molar-refractivity contribution in [3.8, 4) is 11.5 Å². The Morgan fingerprint density at radius 2 is 0.745 bits per heavy atom. The van der Waals surface area contributed by atoms with E-state index in [2.05, 4.69) is 85.1 Å². The van der Waals surface area contributed by atoms with Gasteiger partial charge in [0.15, 0.2) is 5.96 Å². The second kappa shape index (κ2) is 61.1. The normalized spacial score (nSPS) is 15.8. The summed E-state index contributed by atoms with van der Waals surface area (Å²) in [4.78, 5) is 318. The number of phenolic OH excluding ortho intramolecular Hbond substituents is 2. The number of carboxylic acids is 3. The number of nitrogens with two attached hydrogens (primary N) is 7. The quantitative estimate of drug-likeness (QED) is 0.0142. The Morgan fingerprint density at radius 3 is 1.16 bits per heavy atom. The molecule has 0 aromatic heterocycles. The third-order valence-corrected chi connectivity index (χ3v) is 23.0. The fraction of sp³-hybridized carbons (Fsp3) is 0.533. The van der Waals surface area contributed by atoms with Gasteiger partial charge in [0.1, 0.15) is 115 Å². The van der Waals surface area contributed by atoms with E-state index in [0.717, 1.165) is 36.1 Å². The van der Waals surface area contributed by atoms with Crippen LogP contribution >= 0.6 is 0 Å². The number of aromatic hydroxyl groups is 2. The average Bonchev–Trinajstić information content (AvgIpc) is 1.72. The van der Waals surface area contributed by atoms with Crippen LogP contribution in [0.2, 0.25) is 0 Å². The second-order valence-corrected chi connectivity index (χ2v) is 34.6. The summed E-state index contributed by atoms with van der Waals surface area (Å²) in [6.07, 6.45) is -10.2. The molecular weight excluding hydrogens is 1910 g/mol. The first-order valence-corrected chi connectivity index (χ1v) is 46.3. The van der Waals surface area contributed by atoms with Crippen LogP contribution in [0.1, 0.15) is 154 Å². The van der Waals surface area contributed by atoms with Crippen LogP contribution in [0.25, 0.3) is 0 Å². The Labute approximate surface area is 831 Å². The number of rotatable bonds is 65. The molecule has 1 aliphatic heterocycles. The second-order valence-electron chi connectivity index (χ2n) is 34.6. The van der Waals surface area contributed by atoms with E-state index in [1.165, 1.54) is 38.1 Å². The molecule has 798 valence electrons. The maximum absolute atomic E-state index is 14.9. The molecule has 38 N–H and O–H groups in total. The van der Waals surface area contributed by atoms with E-state index in [0.29, 0.717) is 12.0 Å². The maximum Gasteiger partial charge on any atom is 0.322 e. The van der Waals surface area contributed by atoms with Gasteiger partial charge in [0.2, 0.25) is 118 Å². The smallest absolute Gasteiger partial charge is 0.322 e. The zero-order valence-electron chi connectivity index (χ0n) is 80.5. The number of unbranched alkanes of at least 4 members (excludes halogenated alkanes) is 1. The van der Waals surface area contributed by atoms with Crippen LogP contribution in [-0.2, 0) is 130 Å². The number of guanidine groups is 1. The topological polar surface area (TPSA) is 936 Å². The number of amides is 20. The van der Waals surface area contributed by atoms with E-state index in [-0.39, 0.29) is 100 Å². The molecular formula is C90H133N25O30. The predicted octanol–water partition coefficient (Wildman–Crippen LogP) is -10.9. The summed E-state index contributed by atoms with van der Waals surface area (Å²) in [5, 5.41) is 116. The number of hydrogen-bond donors (Lipinski definition) is 31. The lowest BCUT2D eigenvalue weighted by Crippen LogP contribution is -2.63. The van der Waals surface area contributed by atoms with Crippen LogP contribution < -0.4 is 125 Å². The Hall–Kier alpha value is -15.8. The molecule has 0 spiro atoms. The van der Waals surface area contributed by atoms with Crippen LogP contribution in [0, 0.1) is 17.2 Å². The number of nitrogens with one attached hydrogen (secondary N) is 17. The highest BCUT2D eigenvalue weighted by Gasteiger charge is 2.45. The van der Waals surface area contributed by atoms with E-state index < -0.39 is 328 Å². The van der Waals surface area contributed by atoms with Crippen molar-refractivity contribution < 1.29 is 146 Å². The van der Waals surface area contributed by atoms with Gasteiger partial charge in [-0.2, -0.15) is 0 Å². The van der Waals surface area contributed by atoms with Crippen LogP contribution in [0.4, 0.5) is 0 Å². The Kier molecular flexibility index (Phi) is 51.2. The predicted molar refractivity (Wildman–Crippen MR) is 508 cm³/mol. The summed E-state index contributed by atoms with van der Waals surface area (Å²) in [5.41, 5.74) is 39.8. The number of primary amides is 4. The third kappa shape index (κ3) is 42.9. The van der Waals surface area contributed by atoms with Crippen molar-refractivity contribution in [2.24, 2.45) is 52.0 Å². The number of aliphatic hydroxyl groups is 2. The molecule has 4 rings (SSSR count). The number of aliphatic carboxylic acids is 3. The van der Waals surface area contributed by atoms with Crippen molar-refractivity contribution in [2.75, 3.05) is 32.8 Å². The fourth-order valence-electron chi connectivity index (χ4n) is 14.7. The third-order valence-electron chi connectivity index (χ3n) is 23.0. The number of nitrogens with zero attached hydrogens (tertiary/aromatic N) is 1. The fourth-order valence-corrected chi connectivity index (χ4v) is 14.7. The minimum Gasteiger partial charge on any atom is -0.508 e. The van der Waals surface area contributed by atoms with Crippen molar-refractivity contribution >= 4 is 142 Å². The lowest BCUT2D eigenvalue weighted by molar-refractivity contribution is -0.145. The summed E-state index contributed by atoms with van der Waals surface area (Å²) in [5.74, 6) is -32.3. The van der Waals surface area contributed by atoms with Crippen LogP contribution in [0.5, 0.6) is 11.5 Å². The lowest BCUT2D eigenvalue weighted by atomic mass is 9.96. The van der Waals surface area contributed by atoms with Crippen molar-refractivity contribution in [2.45, 2.75) is 259 Å². The monoisotopic (exact) mass is 2040 g/mol. The van der Waals surface area contributed by atoms with Gasteiger partial charge in [0, 0.05) is 38.8 Å². The summed E-state index contributed by atoms with van der Waals surface area (Å²) < 4.78 is 0. The minimum atomic E-state index is -2.24. The Balaban J connectivity index is 1.67. The van der Waals surface area contributed by atoms with E-state index in [9.17, 15) is 146 Å². The Bertz CT molecular complexity index is 5060. The SMILES string of the molecule is CC[C@H](C)[C@H](NC(=O)[C@H](CC(=O)O)NC(=O)[C@H](Cc1ccc(O)cc1)NC(=O)[C@H](CC(=O)O)NC(=O)[C@@H]1CCCN1C(=O)[C@H](CC(N)=O)NC(=O)[C@@H](NC(=O)[C@@H](N)CO)[C@@H](C)CC)C(=O)N[C@H](C(=O)N[C@@H](CC(N)=O)C(=O)N[C@@H](Cc1ccc(O)cc1)C(=O)N[C@@H](CC(N)=O)C(=O)N[C@@H](CCC(N)=O)C(=O)N[C@@H](CCCNC(=N)N)C(=O)N[C@@H](Cc1ccccc1)C(=O)N[C@@H](CCCCN)C(=O)NCC(=O)O)[C@@H](C)O. The molecule has 0 unspecified atom stereocenters. The molecule has 0 radical (unpaired) electrons. The van der Waals surface area contributed by atoms with Gasteiger partial charge in [-0.3, -0.25) is 116 Å². The zero-order chi connectivity index (χ0) is 109. The standard InChI is InChI=1S/C90H133N25O30/c1-6-43(3)71(112-74(130)51(92)42-116)86(142)111-62(38-67(96)123)89(145)115-32-14-19-63(115)85(141)109-60(39-68(124)125)83(139)106-57(35-48-22-26-50(119)27-23-48)80(136)108-61(40-69(126)127)84(140)113-72(44(4)7-2)87(143)114-73(45(5)117)88(144)110-59(37-66(95)122)82(138)105-56(34-47-20-24-49(118)25-21-47)79(135)107-58(36-65(94)121)81(137)103-54(28-29-64(93)120)77(133)102-53(18-13-31-99-90(97)98)76(132)104-55(33-46-15-9-8-10-16-46)78(134)101-52(17-11-12-30-91)75(131)100-41-70(128)129/h8-10,15-16,20-27,43-45,51-63,71-73,116-119H,6-7,11-14,17-19,28-42,91-92H2,1-5H3,(H2,93,120)(H2,94,121)(H2,95,122)(H2,96,123)(H,100,131)(H,101,134)(H,102,133)(H,103,137)(H,104,132)(H,105,138)(H,106,139)(H,107,135)(H,108,136)(H,109,141)(H,110,144)(H,111,142)(H,112,130)(H,113,140)(H,114,143)(H,124,125)(H,126,127)(H,128,129)(H4,97,98,99)/t43-,44-,45+,51-,52-,53-,54-,55-,56-,57-,58-,59-,60-,61-,62-,63-,71-,72-,73-/m0/s1. The number of carbonyl (C=O) groups excluding carboxylic acids is 20.